The smallest absolute Gasteiger partial charge is 0.287 e. The first-order valence-electron chi connectivity index (χ1n) is 6.97. The van der Waals surface area contributed by atoms with Crippen LogP contribution in [0, 0.1) is 10.1 Å². The maximum atomic E-state index is 11.2. The molecule has 0 bridgehead atoms. The lowest BCUT2D eigenvalue weighted by Gasteiger charge is -2.04. The van der Waals surface area contributed by atoms with E-state index < -0.39 is 0 Å². The van der Waals surface area contributed by atoms with Gasteiger partial charge in [0.15, 0.2) is 0 Å². The number of nitro groups is 1. The molecule has 0 atom stereocenters. The van der Waals surface area contributed by atoms with Gasteiger partial charge in [-0.05, 0) is 18.2 Å². The summed E-state index contributed by atoms with van der Waals surface area (Å²) in [6, 6.07) is 12.7. The lowest BCUT2D eigenvalue weighted by molar-refractivity contribution is -0.382. The van der Waals surface area contributed by atoms with Crippen molar-refractivity contribution in [2.24, 2.45) is 0 Å². The third-order valence-corrected chi connectivity index (χ3v) is 5.14. The Morgan fingerprint density at radius 1 is 1.21 bits per heavy atom. The first-order chi connectivity index (χ1) is 11.6. The highest BCUT2D eigenvalue weighted by atomic mass is 79.9. The normalized spacial score (nSPS) is 11.0. The van der Waals surface area contributed by atoms with Crippen LogP contribution in [0.25, 0.3) is 20.3 Å². The lowest BCUT2D eigenvalue weighted by atomic mass is 10.2. The van der Waals surface area contributed by atoms with Gasteiger partial charge in [-0.1, -0.05) is 34.1 Å². The molecule has 24 heavy (non-hydrogen) atoms. The molecule has 0 amide bonds. The molecule has 4 rings (SSSR count). The molecule has 0 radical (unpaired) electrons. The SMILES string of the molecule is O=[N+]([O-])c1cccc2c1sc1cnc(Nc3cccc(Br)c3)nc12. The first kappa shape index (κ1) is 15.0. The Kier molecular flexibility index (Phi) is 3.62. The van der Waals surface area contributed by atoms with Gasteiger partial charge in [0, 0.05) is 21.6 Å². The molecule has 0 saturated heterocycles. The number of halogens is 1. The number of nitro benzene ring substituents is 1. The Bertz CT molecular complexity index is 1100. The second-order valence-corrected chi connectivity index (χ2v) is 7.02. The summed E-state index contributed by atoms with van der Waals surface area (Å²) in [5.74, 6) is 0.451. The second-order valence-electron chi connectivity index (χ2n) is 5.05. The van der Waals surface area contributed by atoms with E-state index in [9.17, 15) is 10.1 Å². The number of rotatable bonds is 3. The molecule has 4 aromatic rings. The Morgan fingerprint density at radius 3 is 2.83 bits per heavy atom. The van der Waals surface area contributed by atoms with E-state index in [1.165, 1.54) is 17.4 Å². The molecular formula is C16H9BrN4O2S. The van der Waals surface area contributed by atoms with Crippen molar-refractivity contribution in [1.29, 1.82) is 0 Å². The van der Waals surface area contributed by atoms with E-state index in [0.29, 0.717) is 16.2 Å². The summed E-state index contributed by atoms with van der Waals surface area (Å²) in [5.41, 5.74) is 1.66. The van der Waals surface area contributed by atoms with E-state index in [0.717, 1.165) is 20.2 Å². The van der Waals surface area contributed by atoms with Gasteiger partial charge in [-0.15, -0.1) is 11.3 Å². The minimum absolute atomic E-state index is 0.0944. The number of anilines is 2. The molecule has 2 heterocycles. The molecule has 118 valence electrons. The highest BCUT2D eigenvalue weighted by molar-refractivity contribution is 9.10. The van der Waals surface area contributed by atoms with E-state index in [-0.39, 0.29) is 10.6 Å². The van der Waals surface area contributed by atoms with Gasteiger partial charge < -0.3 is 5.32 Å². The molecule has 0 fully saturated rings. The predicted octanol–water partition coefficient (Wildman–Crippen LogP) is 5.26. The number of hydrogen-bond acceptors (Lipinski definition) is 6. The number of fused-ring (bicyclic) bond motifs is 3. The second kappa shape index (κ2) is 5.81. The molecule has 6 nitrogen and oxygen atoms in total. The summed E-state index contributed by atoms with van der Waals surface area (Å²) < 4.78 is 2.38. The number of nitrogens with one attached hydrogen (secondary N) is 1. The van der Waals surface area contributed by atoms with Crippen molar-refractivity contribution in [3.63, 3.8) is 0 Å². The maximum Gasteiger partial charge on any atom is 0.287 e. The molecule has 0 saturated carbocycles. The fraction of sp³-hybridized carbons (Fsp3) is 0. The van der Waals surface area contributed by atoms with Gasteiger partial charge in [0.25, 0.3) is 5.69 Å². The summed E-state index contributed by atoms with van der Waals surface area (Å²) in [6.45, 7) is 0. The zero-order chi connectivity index (χ0) is 16.7. The van der Waals surface area contributed by atoms with E-state index in [2.05, 4.69) is 31.2 Å². The van der Waals surface area contributed by atoms with Crippen molar-refractivity contribution in [3.8, 4) is 0 Å². The molecule has 2 aromatic heterocycles. The molecule has 1 N–H and O–H groups in total. The minimum atomic E-state index is -0.369. The number of hydrogen-bond donors (Lipinski definition) is 1. The van der Waals surface area contributed by atoms with Crippen molar-refractivity contribution in [2.45, 2.75) is 0 Å². The van der Waals surface area contributed by atoms with Crippen molar-refractivity contribution in [2.75, 3.05) is 5.32 Å². The van der Waals surface area contributed by atoms with Gasteiger partial charge in [0.1, 0.15) is 4.70 Å². The topological polar surface area (TPSA) is 81.0 Å². The predicted molar refractivity (Wildman–Crippen MR) is 99.0 cm³/mol. The van der Waals surface area contributed by atoms with Crippen LogP contribution in [-0.4, -0.2) is 14.9 Å². The highest BCUT2D eigenvalue weighted by Crippen LogP contribution is 2.38. The summed E-state index contributed by atoms with van der Waals surface area (Å²) in [5, 5.41) is 15.1. The molecule has 2 aromatic carbocycles. The van der Waals surface area contributed by atoms with Crippen LogP contribution in [0.15, 0.2) is 53.1 Å². The van der Waals surface area contributed by atoms with E-state index in [4.69, 9.17) is 0 Å². The van der Waals surface area contributed by atoms with Crippen molar-refractivity contribution in [1.82, 2.24) is 9.97 Å². The van der Waals surface area contributed by atoms with E-state index >= 15 is 0 Å². The van der Waals surface area contributed by atoms with Crippen LogP contribution in [0.4, 0.5) is 17.3 Å². The largest absolute Gasteiger partial charge is 0.324 e. The van der Waals surface area contributed by atoms with E-state index in [1.54, 1.807) is 12.3 Å². The summed E-state index contributed by atoms with van der Waals surface area (Å²) in [4.78, 5) is 19.7. The van der Waals surface area contributed by atoms with E-state index in [1.807, 2.05) is 30.3 Å². The number of non-ortho nitro benzene ring substituents is 1. The van der Waals surface area contributed by atoms with Gasteiger partial charge in [-0.2, -0.15) is 0 Å². The summed E-state index contributed by atoms with van der Waals surface area (Å²) in [6.07, 6.45) is 1.69. The number of benzene rings is 2. The van der Waals surface area contributed by atoms with Crippen LogP contribution in [0.5, 0.6) is 0 Å². The van der Waals surface area contributed by atoms with Crippen LogP contribution < -0.4 is 5.32 Å². The zero-order valence-electron chi connectivity index (χ0n) is 12.1. The third kappa shape index (κ3) is 2.59. The summed E-state index contributed by atoms with van der Waals surface area (Å²) >= 11 is 4.75. The fourth-order valence-electron chi connectivity index (χ4n) is 2.47. The standard InChI is InChI=1S/C16H9BrN4O2S/c17-9-3-1-4-10(7-9)19-16-18-8-13-14(20-16)11-5-2-6-12(21(22)23)15(11)24-13/h1-8H,(H,18,19,20). The minimum Gasteiger partial charge on any atom is -0.324 e. The van der Waals surface area contributed by atoms with Gasteiger partial charge in [0.2, 0.25) is 5.95 Å². The fourth-order valence-corrected chi connectivity index (χ4v) is 3.96. The van der Waals surface area contributed by atoms with Crippen LogP contribution in [0.3, 0.4) is 0 Å². The Morgan fingerprint density at radius 2 is 2.04 bits per heavy atom. The van der Waals surface area contributed by atoms with Crippen LogP contribution in [-0.2, 0) is 0 Å². The molecule has 8 heteroatoms. The molecule has 0 aliphatic rings. The number of aromatic nitrogens is 2. The number of thiophene rings is 1. The van der Waals surface area contributed by atoms with Crippen LogP contribution in [0.2, 0.25) is 0 Å². The molecule has 0 aliphatic carbocycles. The molecule has 0 unspecified atom stereocenters. The monoisotopic (exact) mass is 400 g/mol. The quantitative estimate of drug-likeness (QED) is 0.374. The van der Waals surface area contributed by atoms with Crippen molar-refractivity contribution < 1.29 is 4.92 Å². The summed E-state index contributed by atoms with van der Waals surface area (Å²) in [7, 11) is 0. The van der Waals surface area contributed by atoms with Crippen molar-refractivity contribution in [3.05, 3.63) is 63.2 Å². The molecule has 0 spiro atoms. The highest BCUT2D eigenvalue weighted by Gasteiger charge is 2.17. The van der Waals surface area contributed by atoms with Gasteiger partial charge in [-0.3, -0.25) is 10.1 Å². The first-order valence-corrected chi connectivity index (χ1v) is 8.58. The van der Waals surface area contributed by atoms with Gasteiger partial charge in [0.05, 0.1) is 21.3 Å². The zero-order valence-corrected chi connectivity index (χ0v) is 14.5. The van der Waals surface area contributed by atoms with Crippen molar-refractivity contribution >= 4 is 64.9 Å². The molecular weight excluding hydrogens is 392 g/mol. The number of nitrogens with zero attached hydrogens (tertiary/aromatic N) is 3. The Hall–Kier alpha value is -2.58. The van der Waals surface area contributed by atoms with Gasteiger partial charge in [-0.25, -0.2) is 9.97 Å². The maximum absolute atomic E-state index is 11.2. The third-order valence-electron chi connectivity index (χ3n) is 3.49. The Balaban J connectivity index is 1.84. The lowest BCUT2D eigenvalue weighted by Crippen LogP contribution is -1.96. The average Bonchev–Trinajstić information content (AvgIpc) is 2.92. The molecule has 0 aliphatic heterocycles. The van der Waals surface area contributed by atoms with Crippen LogP contribution >= 0.6 is 27.3 Å². The van der Waals surface area contributed by atoms with Gasteiger partial charge >= 0.3 is 0 Å². The average molecular weight is 401 g/mol. The Labute approximate surface area is 148 Å². The van der Waals surface area contributed by atoms with Crippen LogP contribution in [0.1, 0.15) is 0 Å².